The average Bonchev–Trinajstić information content (AvgIpc) is 3.12. The Labute approximate surface area is 146 Å². The van der Waals surface area contributed by atoms with Gasteiger partial charge in [0.1, 0.15) is 5.75 Å². The van der Waals surface area contributed by atoms with Crippen LogP contribution in [0.4, 0.5) is 0 Å². The topological polar surface area (TPSA) is 79.7 Å². The van der Waals surface area contributed by atoms with E-state index in [0.29, 0.717) is 18.7 Å². The van der Waals surface area contributed by atoms with Crippen LogP contribution in [0.15, 0.2) is 42.7 Å². The van der Waals surface area contributed by atoms with Crippen LogP contribution in [0.3, 0.4) is 0 Å². The number of hydrogen-bond acceptors (Lipinski definition) is 4. The first-order valence-electron chi connectivity index (χ1n) is 8.32. The van der Waals surface area contributed by atoms with Crippen molar-refractivity contribution in [3.8, 4) is 5.75 Å². The van der Waals surface area contributed by atoms with Crippen molar-refractivity contribution in [2.24, 2.45) is 0 Å². The molecule has 1 N–H and O–H groups in total. The number of carbonyl (C=O) groups excluding carboxylic acids is 1. The monoisotopic (exact) mass is 340 g/mol. The number of nitrogens with zero attached hydrogens (tertiary/aromatic N) is 2. The van der Waals surface area contributed by atoms with Gasteiger partial charge in [-0.15, -0.1) is 0 Å². The lowest BCUT2D eigenvalue weighted by Gasteiger charge is -2.25. The van der Waals surface area contributed by atoms with Gasteiger partial charge in [-0.2, -0.15) is 0 Å². The van der Waals surface area contributed by atoms with Gasteiger partial charge in [0.05, 0.1) is 23.8 Å². The Bertz CT molecular complexity index is 773. The fourth-order valence-corrected chi connectivity index (χ4v) is 3.15. The number of carboxylic acid groups (broad SMARTS) is 1. The number of aromatic carboxylic acids is 1. The second-order valence-corrected chi connectivity index (χ2v) is 5.93. The van der Waals surface area contributed by atoms with E-state index < -0.39 is 5.97 Å². The third kappa shape index (κ3) is 3.63. The smallest absolute Gasteiger partial charge is 0.337 e. The zero-order valence-electron chi connectivity index (χ0n) is 14.0. The van der Waals surface area contributed by atoms with Gasteiger partial charge in [0, 0.05) is 18.9 Å². The predicted octanol–water partition coefficient (Wildman–Crippen LogP) is 3.16. The number of carboxylic acids is 1. The zero-order chi connectivity index (χ0) is 17.8. The van der Waals surface area contributed by atoms with E-state index in [-0.39, 0.29) is 17.5 Å². The molecule has 1 aliphatic heterocycles. The Hall–Kier alpha value is -2.89. The molecule has 0 aliphatic carbocycles. The van der Waals surface area contributed by atoms with Crippen LogP contribution in [0.1, 0.15) is 52.1 Å². The molecule has 0 spiro atoms. The maximum atomic E-state index is 12.8. The highest BCUT2D eigenvalue weighted by molar-refractivity contribution is 5.97. The van der Waals surface area contributed by atoms with Crippen molar-refractivity contribution in [1.82, 2.24) is 9.88 Å². The van der Waals surface area contributed by atoms with Crippen LogP contribution in [0.25, 0.3) is 0 Å². The van der Waals surface area contributed by atoms with E-state index in [1.165, 1.54) is 18.5 Å². The highest BCUT2D eigenvalue weighted by Crippen LogP contribution is 2.33. The predicted molar refractivity (Wildman–Crippen MR) is 91.8 cm³/mol. The van der Waals surface area contributed by atoms with Gasteiger partial charge < -0.3 is 14.7 Å². The number of likely N-dealkylation sites (tertiary alicyclic amines) is 1. The maximum Gasteiger partial charge on any atom is 0.337 e. The van der Waals surface area contributed by atoms with Crippen LogP contribution in [-0.4, -0.2) is 40.0 Å². The minimum Gasteiger partial charge on any atom is -0.494 e. The number of hydrogen-bond donors (Lipinski definition) is 1. The minimum atomic E-state index is -1.09. The van der Waals surface area contributed by atoms with Crippen LogP contribution in [0.2, 0.25) is 0 Å². The lowest BCUT2D eigenvalue weighted by atomic mass is 10.0. The average molecular weight is 340 g/mol. The summed E-state index contributed by atoms with van der Waals surface area (Å²) in [7, 11) is 0. The van der Waals surface area contributed by atoms with Crippen molar-refractivity contribution in [1.29, 1.82) is 0 Å². The molecule has 1 aliphatic rings. The summed E-state index contributed by atoms with van der Waals surface area (Å²) in [4.78, 5) is 29.6. The summed E-state index contributed by atoms with van der Waals surface area (Å²) in [5.74, 6) is -0.473. The van der Waals surface area contributed by atoms with Crippen molar-refractivity contribution in [2.45, 2.75) is 25.8 Å². The summed E-state index contributed by atoms with van der Waals surface area (Å²) < 4.78 is 5.46. The molecule has 130 valence electrons. The third-order valence-corrected chi connectivity index (χ3v) is 4.32. The first kappa shape index (κ1) is 17.0. The fraction of sp³-hybridized carbons (Fsp3) is 0.316. The van der Waals surface area contributed by atoms with Crippen molar-refractivity contribution < 1.29 is 19.4 Å². The van der Waals surface area contributed by atoms with Crippen LogP contribution in [0.5, 0.6) is 5.75 Å². The van der Waals surface area contributed by atoms with Gasteiger partial charge >= 0.3 is 5.97 Å². The molecule has 1 unspecified atom stereocenters. The minimum absolute atomic E-state index is 0.0164. The maximum absolute atomic E-state index is 12.8. The Balaban J connectivity index is 1.82. The van der Waals surface area contributed by atoms with Gasteiger partial charge in [0.25, 0.3) is 5.91 Å². The van der Waals surface area contributed by atoms with E-state index in [0.717, 1.165) is 24.2 Å². The number of amides is 1. The number of carbonyl (C=O) groups is 2. The lowest BCUT2D eigenvalue weighted by molar-refractivity contribution is 0.0696. The molecule has 2 aromatic rings. The molecule has 1 saturated heterocycles. The molecule has 0 radical (unpaired) electrons. The number of aromatic nitrogens is 1. The van der Waals surface area contributed by atoms with Crippen LogP contribution >= 0.6 is 0 Å². The summed E-state index contributed by atoms with van der Waals surface area (Å²) >= 11 is 0. The largest absolute Gasteiger partial charge is 0.494 e. The molecule has 1 amide bonds. The first-order valence-corrected chi connectivity index (χ1v) is 8.32. The van der Waals surface area contributed by atoms with Crippen LogP contribution in [0, 0.1) is 0 Å². The highest BCUT2D eigenvalue weighted by atomic mass is 16.5. The molecule has 6 heteroatoms. The molecule has 6 nitrogen and oxygen atoms in total. The first-order chi connectivity index (χ1) is 12.1. The van der Waals surface area contributed by atoms with Gasteiger partial charge in [-0.1, -0.05) is 12.1 Å². The SMILES string of the molecule is CCOc1ccc(C2CCCN2C(=O)c2cncc(C(=O)O)c2)cc1. The van der Waals surface area contributed by atoms with Gasteiger partial charge in [-0.05, 0) is 43.5 Å². The van der Waals surface area contributed by atoms with Gasteiger partial charge in [-0.25, -0.2) is 4.79 Å². The summed E-state index contributed by atoms with van der Waals surface area (Å²) in [6.45, 7) is 3.19. The van der Waals surface area contributed by atoms with Crippen molar-refractivity contribution in [3.63, 3.8) is 0 Å². The quantitative estimate of drug-likeness (QED) is 0.904. The van der Waals surface area contributed by atoms with Crippen LogP contribution in [-0.2, 0) is 0 Å². The van der Waals surface area contributed by atoms with E-state index in [4.69, 9.17) is 9.84 Å². The standard InChI is InChI=1S/C19H20N2O4/c1-2-25-16-7-5-13(6-8-16)17-4-3-9-21(17)18(22)14-10-15(19(23)24)12-20-11-14/h5-8,10-12,17H,2-4,9H2,1H3,(H,23,24). The number of benzene rings is 1. The van der Waals surface area contributed by atoms with E-state index >= 15 is 0 Å². The summed E-state index contributed by atoms with van der Waals surface area (Å²) in [6, 6.07) is 9.14. The van der Waals surface area contributed by atoms with Crippen molar-refractivity contribution in [3.05, 3.63) is 59.4 Å². The zero-order valence-corrected chi connectivity index (χ0v) is 14.0. The van der Waals surface area contributed by atoms with E-state index in [9.17, 15) is 9.59 Å². The number of pyridine rings is 1. The molecule has 1 atom stereocenters. The normalized spacial score (nSPS) is 16.7. The van der Waals surface area contributed by atoms with Crippen LogP contribution < -0.4 is 4.74 Å². The van der Waals surface area contributed by atoms with E-state index in [1.54, 1.807) is 4.90 Å². The summed E-state index contributed by atoms with van der Waals surface area (Å²) in [5.41, 5.74) is 1.37. The van der Waals surface area contributed by atoms with E-state index in [1.807, 2.05) is 31.2 Å². The lowest BCUT2D eigenvalue weighted by Crippen LogP contribution is -2.30. The Morgan fingerprint density at radius 3 is 2.64 bits per heavy atom. The number of rotatable bonds is 5. The summed E-state index contributed by atoms with van der Waals surface area (Å²) in [5, 5.41) is 9.08. The summed E-state index contributed by atoms with van der Waals surface area (Å²) in [6.07, 6.45) is 4.46. The molecule has 0 bridgehead atoms. The van der Waals surface area contributed by atoms with Crippen molar-refractivity contribution >= 4 is 11.9 Å². The Kier molecular flexibility index (Phi) is 4.97. The molecule has 1 aromatic carbocycles. The molecule has 0 saturated carbocycles. The number of ether oxygens (including phenoxy) is 1. The van der Waals surface area contributed by atoms with Crippen molar-refractivity contribution in [2.75, 3.05) is 13.2 Å². The Morgan fingerprint density at radius 2 is 1.96 bits per heavy atom. The molecule has 1 aromatic heterocycles. The molecule has 25 heavy (non-hydrogen) atoms. The molecular weight excluding hydrogens is 320 g/mol. The molecule has 2 heterocycles. The fourth-order valence-electron chi connectivity index (χ4n) is 3.15. The second kappa shape index (κ2) is 7.34. The molecule has 1 fully saturated rings. The van der Waals surface area contributed by atoms with Gasteiger partial charge in [0.15, 0.2) is 0 Å². The second-order valence-electron chi connectivity index (χ2n) is 5.93. The Morgan fingerprint density at radius 1 is 1.24 bits per heavy atom. The molecular formula is C19H20N2O4. The van der Waals surface area contributed by atoms with E-state index in [2.05, 4.69) is 4.98 Å². The molecule has 3 rings (SSSR count). The van der Waals surface area contributed by atoms with Gasteiger partial charge in [0.2, 0.25) is 0 Å². The van der Waals surface area contributed by atoms with Gasteiger partial charge in [-0.3, -0.25) is 9.78 Å². The third-order valence-electron chi connectivity index (χ3n) is 4.32. The highest BCUT2D eigenvalue weighted by Gasteiger charge is 2.31.